The van der Waals surface area contributed by atoms with E-state index in [1.165, 1.54) is 0 Å². The highest BCUT2D eigenvalue weighted by Crippen LogP contribution is 2.09. The molecular formula is C7H9FN2O. The molecule has 0 radical (unpaired) electrons. The normalized spacial score (nSPS) is 9.91. The Morgan fingerprint density at radius 1 is 1.82 bits per heavy atom. The summed E-state index contributed by atoms with van der Waals surface area (Å²) in [6.45, 7) is 3.12. The number of hydrogen-bond acceptors (Lipinski definition) is 3. The number of aromatic nitrogens is 1. The van der Waals surface area contributed by atoms with E-state index in [1.54, 1.807) is 6.07 Å². The fraction of sp³-hybridized carbons (Fsp3) is 0.286. The molecule has 0 aliphatic carbocycles. The number of aryl methyl sites for hydroxylation is 1. The fourth-order valence-corrected chi connectivity index (χ4v) is 0.710. The van der Waals surface area contributed by atoms with Gasteiger partial charge in [-0.25, -0.2) is 4.39 Å². The first kappa shape index (κ1) is 7.78. The van der Waals surface area contributed by atoms with Crippen LogP contribution in [-0.4, -0.2) is 5.16 Å². The number of allylic oxidation sites excluding steroid dienone is 1. The Morgan fingerprint density at radius 3 is 3.00 bits per heavy atom. The third kappa shape index (κ3) is 2.41. The van der Waals surface area contributed by atoms with Crippen LogP contribution in [0, 0.1) is 0 Å². The van der Waals surface area contributed by atoms with Crippen molar-refractivity contribution in [2.45, 2.75) is 12.8 Å². The number of hydrogen-bond donors (Lipinski definition) is 1. The summed E-state index contributed by atoms with van der Waals surface area (Å²) in [5.41, 5.74) is 5.89. The quantitative estimate of drug-likeness (QED) is 0.724. The molecule has 11 heavy (non-hydrogen) atoms. The molecule has 0 unspecified atom stereocenters. The molecule has 0 spiro atoms. The molecule has 0 bridgehead atoms. The highest BCUT2D eigenvalue weighted by molar-refractivity contribution is 5.24. The molecule has 1 aromatic heterocycles. The minimum Gasteiger partial charge on any atom is -0.368 e. The molecule has 3 nitrogen and oxygen atoms in total. The van der Waals surface area contributed by atoms with E-state index in [1.807, 2.05) is 0 Å². The van der Waals surface area contributed by atoms with Gasteiger partial charge in [0, 0.05) is 12.5 Å². The molecule has 60 valence electrons. The van der Waals surface area contributed by atoms with Crippen molar-refractivity contribution in [1.82, 2.24) is 5.16 Å². The number of anilines is 1. The smallest absolute Gasteiger partial charge is 0.222 e. The number of nitrogen functional groups attached to an aromatic ring is 1. The summed E-state index contributed by atoms with van der Waals surface area (Å²) in [5.74, 6) is -0.101. The van der Waals surface area contributed by atoms with Crippen molar-refractivity contribution in [2.75, 3.05) is 5.73 Å². The Morgan fingerprint density at radius 2 is 2.55 bits per heavy atom. The minimum atomic E-state index is -0.355. The van der Waals surface area contributed by atoms with Gasteiger partial charge in [0.25, 0.3) is 0 Å². The first-order valence-electron chi connectivity index (χ1n) is 3.23. The number of rotatable bonds is 3. The van der Waals surface area contributed by atoms with E-state index in [4.69, 9.17) is 5.73 Å². The van der Waals surface area contributed by atoms with E-state index >= 15 is 0 Å². The Kier molecular flexibility index (Phi) is 2.25. The van der Waals surface area contributed by atoms with E-state index in [9.17, 15) is 4.39 Å². The molecule has 0 fully saturated rings. The molecule has 4 heteroatoms. The van der Waals surface area contributed by atoms with Crippen LogP contribution >= 0.6 is 0 Å². The van der Waals surface area contributed by atoms with Gasteiger partial charge in [-0.05, 0) is 6.42 Å². The first-order valence-corrected chi connectivity index (χ1v) is 3.23. The average molecular weight is 156 g/mol. The van der Waals surface area contributed by atoms with E-state index in [0.717, 1.165) is 0 Å². The highest BCUT2D eigenvalue weighted by atomic mass is 19.1. The molecule has 0 aromatic carbocycles. The van der Waals surface area contributed by atoms with Crippen LogP contribution in [-0.2, 0) is 6.42 Å². The molecule has 0 saturated carbocycles. The van der Waals surface area contributed by atoms with E-state index in [2.05, 4.69) is 16.3 Å². The zero-order valence-electron chi connectivity index (χ0n) is 6.01. The van der Waals surface area contributed by atoms with Crippen molar-refractivity contribution in [3.05, 3.63) is 24.2 Å². The highest BCUT2D eigenvalue weighted by Gasteiger charge is 2.00. The van der Waals surface area contributed by atoms with Gasteiger partial charge in [0.05, 0.1) is 11.5 Å². The topological polar surface area (TPSA) is 52.0 Å². The molecule has 0 aliphatic heterocycles. The summed E-state index contributed by atoms with van der Waals surface area (Å²) in [6.07, 6.45) is 0.752. The number of nitrogens with zero attached hydrogens (tertiary/aromatic N) is 1. The maximum Gasteiger partial charge on any atom is 0.222 e. The zero-order valence-corrected chi connectivity index (χ0v) is 6.01. The largest absolute Gasteiger partial charge is 0.368 e. The molecule has 0 aliphatic rings. The Balaban J connectivity index is 2.45. The Hall–Kier alpha value is -1.32. The van der Waals surface area contributed by atoms with E-state index in [0.29, 0.717) is 12.1 Å². The first-order chi connectivity index (χ1) is 5.18. The van der Waals surface area contributed by atoms with Crippen LogP contribution in [0.2, 0.25) is 0 Å². The van der Waals surface area contributed by atoms with Crippen LogP contribution in [0.4, 0.5) is 10.3 Å². The van der Waals surface area contributed by atoms with Gasteiger partial charge in [0.2, 0.25) is 5.88 Å². The molecule has 0 saturated heterocycles. The summed E-state index contributed by atoms with van der Waals surface area (Å²) in [4.78, 5) is 0. The van der Waals surface area contributed by atoms with Gasteiger partial charge in [0.1, 0.15) is 0 Å². The van der Waals surface area contributed by atoms with Crippen LogP contribution < -0.4 is 5.73 Å². The third-order valence-electron chi connectivity index (χ3n) is 1.23. The van der Waals surface area contributed by atoms with Crippen molar-refractivity contribution in [2.24, 2.45) is 0 Å². The average Bonchev–Trinajstić information content (AvgIpc) is 2.31. The van der Waals surface area contributed by atoms with Crippen molar-refractivity contribution in [1.29, 1.82) is 0 Å². The summed E-state index contributed by atoms with van der Waals surface area (Å²) in [7, 11) is 0. The predicted octanol–water partition coefficient (Wildman–Crippen LogP) is 1.67. The number of nitrogens with two attached hydrogens (primary N) is 1. The lowest BCUT2D eigenvalue weighted by Crippen LogP contribution is -1.84. The standard InChI is InChI=1S/C7H9FN2O/c1-5(8)2-3-6-4-7(9)11-10-6/h4H,1-3,9H2. The maximum atomic E-state index is 12.1. The molecular weight excluding hydrogens is 147 g/mol. The van der Waals surface area contributed by atoms with Gasteiger partial charge in [-0.15, -0.1) is 0 Å². The van der Waals surface area contributed by atoms with Gasteiger partial charge in [0.15, 0.2) is 0 Å². The van der Waals surface area contributed by atoms with E-state index in [-0.39, 0.29) is 18.1 Å². The van der Waals surface area contributed by atoms with Crippen LogP contribution in [0.1, 0.15) is 12.1 Å². The Bertz CT molecular complexity index is 257. The maximum absolute atomic E-state index is 12.1. The lowest BCUT2D eigenvalue weighted by Gasteiger charge is -1.89. The van der Waals surface area contributed by atoms with Gasteiger partial charge in [-0.3, -0.25) is 0 Å². The summed E-state index contributed by atoms with van der Waals surface area (Å²) >= 11 is 0. The zero-order chi connectivity index (χ0) is 8.27. The second kappa shape index (κ2) is 3.18. The van der Waals surface area contributed by atoms with Gasteiger partial charge >= 0.3 is 0 Å². The van der Waals surface area contributed by atoms with Crippen LogP contribution in [0.5, 0.6) is 0 Å². The van der Waals surface area contributed by atoms with Crippen molar-refractivity contribution < 1.29 is 8.91 Å². The summed E-state index contributed by atoms with van der Waals surface area (Å²) in [6, 6.07) is 1.57. The molecule has 1 heterocycles. The summed E-state index contributed by atoms with van der Waals surface area (Å²) in [5, 5.41) is 3.58. The number of halogens is 1. The van der Waals surface area contributed by atoms with Gasteiger partial charge in [-0.1, -0.05) is 11.7 Å². The molecule has 2 N–H and O–H groups in total. The third-order valence-corrected chi connectivity index (χ3v) is 1.23. The predicted molar refractivity (Wildman–Crippen MR) is 39.5 cm³/mol. The fourth-order valence-electron chi connectivity index (χ4n) is 0.710. The lowest BCUT2D eigenvalue weighted by atomic mass is 10.2. The van der Waals surface area contributed by atoms with E-state index < -0.39 is 0 Å². The van der Waals surface area contributed by atoms with Gasteiger partial charge < -0.3 is 10.3 Å². The molecule has 0 atom stereocenters. The second-order valence-electron chi connectivity index (χ2n) is 2.24. The van der Waals surface area contributed by atoms with Crippen LogP contribution in [0.15, 0.2) is 23.0 Å². The van der Waals surface area contributed by atoms with Crippen molar-refractivity contribution in [3.8, 4) is 0 Å². The Labute approximate surface area is 63.7 Å². The molecule has 1 rings (SSSR count). The second-order valence-corrected chi connectivity index (χ2v) is 2.24. The lowest BCUT2D eigenvalue weighted by molar-refractivity contribution is 0.426. The summed E-state index contributed by atoms with van der Waals surface area (Å²) < 4.78 is 16.7. The minimum absolute atomic E-state index is 0.254. The molecule has 0 amide bonds. The van der Waals surface area contributed by atoms with Gasteiger partial charge in [-0.2, -0.15) is 0 Å². The van der Waals surface area contributed by atoms with Crippen molar-refractivity contribution in [3.63, 3.8) is 0 Å². The van der Waals surface area contributed by atoms with Crippen molar-refractivity contribution >= 4 is 5.88 Å². The van der Waals surface area contributed by atoms with Crippen LogP contribution in [0.3, 0.4) is 0 Å². The SMILES string of the molecule is C=C(F)CCc1cc(N)on1. The van der Waals surface area contributed by atoms with Crippen LogP contribution in [0.25, 0.3) is 0 Å². The monoisotopic (exact) mass is 156 g/mol. The molecule has 1 aromatic rings.